The molecule has 1 saturated heterocycles. The molecule has 1 aliphatic heterocycles. The van der Waals surface area contributed by atoms with Gasteiger partial charge in [-0.2, -0.15) is 0 Å². The molecule has 0 aliphatic carbocycles. The van der Waals surface area contributed by atoms with E-state index in [0.717, 1.165) is 0 Å². The Balaban J connectivity index is 1.98. The van der Waals surface area contributed by atoms with Gasteiger partial charge in [0, 0.05) is 17.9 Å². The van der Waals surface area contributed by atoms with E-state index < -0.39 is 17.9 Å². The molecule has 2 amide bonds. The number of thioether (sulfide) groups is 1. The van der Waals surface area contributed by atoms with Crippen molar-refractivity contribution in [2.24, 2.45) is 11.8 Å². The minimum atomic E-state index is -0.910. The Hall–Kier alpha value is -2.02. The summed E-state index contributed by atoms with van der Waals surface area (Å²) in [6.07, 6.45) is 0.502. The van der Waals surface area contributed by atoms with Crippen LogP contribution in [-0.4, -0.2) is 52.0 Å². The molecule has 136 valence electrons. The maximum Gasteiger partial charge on any atom is 0.308 e. The van der Waals surface area contributed by atoms with Crippen molar-refractivity contribution in [1.82, 2.24) is 10.2 Å². The second-order valence-corrected chi connectivity index (χ2v) is 7.57. The number of hydrogen-bond donors (Lipinski definition) is 2. The average molecular weight is 364 g/mol. The number of benzene rings is 1. The molecule has 1 heterocycles. The summed E-state index contributed by atoms with van der Waals surface area (Å²) in [6, 6.07) is 8.29. The first kappa shape index (κ1) is 19.3. The predicted octanol–water partition coefficient (Wildman–Crippen LogP) is 2.06. The second-order valence-electron chi connectivity index (χ2n) is 6.57. The fourth-order valence-corrected chi connectivity index (χ4v) is 3.94. The van der Waals surface area contributed by atoms with E-state index in [0.29, 0.717) is 23.6 Å². The molecule has 0 bridgehead atoms. The van der Waals surface area contributed by atoms with Crippen LogP contribution in [0.2, 0.25) is 0 Å². The molecule has 1 aromatic carbocycles. The Kier molecular flexibility index (Phi) is 6.87. The van der Waals surface area contributed by atoms with Crippen molar-refractivity contribution in [3.8, 4) is 0 Å². The van der Waals surface area contributed by atoms with Crippen LogP contribution in [0.25, 0.3) is 0 Å². The zero-order valence-corrected chi connectivity index (χ0v) is 15.3. The summed E-state index contributed by atoms with van der Waals surface area (Å²) in [5, 5.41) is 12.0. The van der Waals surface area contributed by atoms with Gasteiger partial charge in [-0.15, -0.1) is 11.8 Å². The molecule has 1 aliphatic rings. The molecule has 7 heteroatoms. The van der Waals surface area contributed by atoms with Crippen LogP contribution in [0, 0.1) is 11.8 Å². The van der Waals surface area contributed by atoms with Gasteiger partial charge in [0.2, 0.25) is 5.91 Å². The molecule has 0 aromatic heterocycles. The standard InChI is InChI=1S/C18H24N2O4S/c1-12(2)8-14(18(23)24)9-19-16(21)15-10-25-11-20(15)17(22)13-6-4-3-5-7-13/h3-7,12,14-15H,8-11H2,1-2H3,(H,19,21)(H,23,24). The van der Waals surface area contributed by atoms with Gasteiger partial charge in [0.15, 0.2) is 0 Å². The zero-order chi connectivity index (χ0) is 18.4. The quantitative estimate of drug-likeness (QED) is 0.773. The maximum absolute atomic E-state index is 12.6. The number of carbonyl (C=O) groups is 3. The van der Waals surface area contributed by atoms with Crippen molar-refractivity contribution in [2.75, 3.05) is 18.2 Å². The average Bonchev–Trinajstić information content (AvgIpc) is 3.07. The van der Waals surface area contributed by atoms with Crippen LogP contribution < -0.4 is 5.32 Å². The van der Waals surface area contributed by atoms with E-state index in [4.69, 9.17) is 0 Å². The summed E-state index contributed by atoms with van der Waals surface area (Å²) in [5.74, 6) is -0.779. The van der Waals surface area contributed by atoms with E-state index in [1.807, 2.05) is 19.9 Å². The highest BCUT2D eigenvalue weighted by Crippen LogP contribution is 2.23. The molecule has 0 saturated carbocycles. The van der Waals surface area contributed by atoms with Crippen LogP contribution in [0.1, 0.15) is 30.6 Å². The van der Waals surface area contributed by atoms with E-state index in [1.54, 1.807) is 29.2 Å². The molecule has 0 spiro atoms. The molecule has 6 nitrogen and oxygen atoms in total. The van der Waals surface area contributed by atoms with Crippen LogP contribution in [0.4, 0.5) is 0 Å². The zero-order valence-electron chi connectivity index (χ0n) is 14.5. The van der Waals surface area contributed by atoms with Crippen molar-refractivity contribution < 1.29 is 19.5 Å². The number of aliphatic carboxylic acids is 1. The number of carbonyl (C=O) groups excluding carboxylic acids is 2. The number of nitrogens with one attached hydrogen (secondary N) is 1. The summed E-state index contributed by atoms with van der Waals surface area (Å²) in [5.41, 5.74) is 0.547. The SMILES string of the molecule is CC(C)CC(CNC(=O)C1CSCN1C(=O)c1ccccc1)C(=O)O. The lowest BCUT2D eigenvalue weighted by Crippen LogP contribution is -2.48. The van der Waals surface area contributed by atoms with Crippen molar-refractivity contribution in [3.05, 3.63) is 35.9 Å². The van der Waals surface area contributed by atoms with Gasteiger partial charge in [-0.05, 0) is 24.5 Å². The van der Waals surface area contributed by atoms with Gasteiger partial charge in [0.25, 0.3) is 5.91 Å². The highest BCUT2D eigenvalue weighted by molar-refractivity contribution is 7.99. The van der Waals surface area contributed by atoms with Crippen LogP contribution in [0.3, 0.4) is 0 Å². The summed E-state index contributed by atoms with van der Waals surface area (Å²) >= 11 is 1.52. The number of amides is 2. The van der Waals surface area contributed by atoms with Gasteiger partial charge in [0.1, 0.15) is 6.04 Å². The summed E-state index contributed by atoms with van der Waals surface area (Å²) in [6.45, 7) is 3.98. The van der Waals surface area contributed by atoms with E-state index in [1.165, 1.54) is 11.8 Å². The minimum absolute atomic E-state index is 0.0842. The van der Waals surface area contributed by atoms with Crippen LogP contribution in [0.15, 0.2) is 30.3 Å². The van der Waals surface area contributed by atoms with Gasteiger partial charge < -0.3 is 15.3 Å². The summed E-state index contributed by atoms with van der Waals surface area (Å²) in [7, 11) is 0. The van der Waals surface area contributed by atoms with Crippen molar-refractivity contribution in [2.45, 2.75) is 26.3 Å². The topological polar surface area (TPSA) is 86.7 Å². The largest absolute Gasteiger partial charge is 0.481 e. The first-order valence-electron chi connectivity index (χ1n) is 8.34. The molecule has 25 heavy (non-hydrogen) atoms. The van der Waals surface area contributed by atoms with Crippen LogP contribution in [-0.2, 0) is 9.59 Å². The Bertz CT molecular complexity index is 621. The predicted molar refractivity (Wildman–Crippen MR) is 97.3 cm³/mol. The van der Waals surface area contributed by atoms with Crippen molar-refractivity contribution in [3.63, 3.8) is 0 Å². The fourth-order valence-electron chi connectivity index (χ4n) is 2.79. The minimum Gasteiger partial charge on any atom is -0.481 e. The fraction of sp³-hybridized carbons (Fsp3) is 0.500. The smallest absolute Gasteiger partial charge is 0.308 e. The van der Waals surface area contributed by atoms with E-state index in [9.17, 15) is 19.5 Å². The maximum atomic E-state index is 12.6. The molecule has 2 atom stereocenters. The molecule has 0 radical (unpaired) electrons. The van der Waals surface area contributed by atoms with Crippen LogP contribution in [0.5, 0.6) is 0 Å². The second kappa shape index (κ2) is 8.89. The highest BCUT2D eigenvalue weighted by atomic mass is 32.2. The lowest BCUT2D eigenvalue weighted by atomic mass is 9.97. The Morgan fingerprint density at radius 3 is 2.56 bits per heavy atom. The van der Waals surface area contributed by atoms with Gasteiger partial charge >= 0.3 is 5.97 Å². The molecular weight excluding hydrogens is 340 g/mol. The monoisotopic (exact) mass is 364 g/mol. The number of rotatable bonds is 7. The lowest BCUT2D eigenvalue weighted by Gasteiger charge is -2.24. The van der Waals surface area contributed by atoms with Gasteiger partial charge in [0.05, 0.1) is 11.8 Å². The number of carboxylic acid groups (broad SMARTS) is 1. The van der Waals surface area contributed by atoms with Gasteiger partial charge in [-0.25, -0.2) is 0 Å². The molecular formula is C18H24N2O4S. The Labute approximate surface area is 152 Å². The molecule has 2 N–H and O–H groups in total. The molecule has 1 fully saturated rings. The summed E-state index contributed by atoms with van der Waals surface area (Å²) in [4.78, 5) is 37.9. The third-order valence-corrected chi connectivity index (χ3v) is 5.11. The molecule has 2 unspecified atom stereocenters. The highest BCUT2D eigenvalue weighted by Gasteiger charge is 2.35. The number of hydrogen-bond acceptors (Lipinski definition) is 4. The normalized spacial score (nSPS) is 18.2. The van der Waals surface area contributed by atoms with Crippen molar-refractivity contribution >= 4 is 29.5 Å². The first-order valence-corrected chi connectivity index (χ1v) is 9.50. The van der Waals surface area contributed by atoms with Crippen molar-refractivity contribution in [1.29, 1.82) is 0 Å². The van der Waals surface area contributed by atoms with Gasteiger partial charge in [-0.3, -0.25) is 14.4 Å². The van der Waals surface area contributed by atoms with E-state index in [2.05, 4.69) is 5.32 Å². The first-order chi connectivity index (χ1) is 11.9. The third-order valence-electron chi connectivity index (χ3n) is 4.09. The number of carboxylic acids is 1. The lowest BCUT2D eigenvalue weighted by molar-refractivity contribution is -0.142. The van der Waals surface area contributed by atoms with Crippen LogP contribution >= 0.6 is 11.8 Å². The van der Waals surface area contributed by atoms with E-state index in [-0.39, 0.29) is 24.3 Å². The Morgan fingerprint density at radius 1 is 1.28 bits per heavy atom. The number of nitrogens with zero attached hydrogens (tertiary/aromatic N) is 1. The third kappa shape index (κ3) is 5.22. The van der Waals surface area contributed by atoms with E-state index >= 15 is 0 Å². The summed E-state index contributed by atoms with van der Waals surface area (Å²) < 4.78 is 0. The molecule has 2 rings (SSSR count). The van der Waals surface area contributed by atoms with Gasteiger partial charge in [-0.1, -0.05) is 32.0 Å². The molecule has 1 aromatic rings. The Morgan fingerprint density at radius 2 is 1.96 bits per heavy atom.